The van der Waals surface area contributed by atoms with Gasteiger partial charge in [-0.25, -0.2) is 4.79 Å². The summed E-state index contributed by atoms with van der Waals surface area (Å²) in [6, 6.07) is 4.70. The fourth-order valence-electron chi connectivity index (χ4n) is 2.53. The Labute approximate surface area is 124 Å². The van der Waals surface area contributed by atoms with Crippen LogP contribution in [0.1, 0.15) is 35.7 Å². The largest absolute Gasteiger partial charge is 0.507 e. The van der Waals surface area contributed by atoms with Gasteiger partial charge in [-0.1, -0.05) is 13.0 Å². The maximum atomic E-state index is 12.0. The number of hydrogen-bond donors (Lipinski definition) is 1. The monoisotopic (exact) mass is 291 g/mol. The van der Waals surface area contributed by atoms with Gasteiger partial charge in [0, 0.05) is 13.1 Å². The number of phenolic OH excluding ortho intramolecular Hbond substituents is 1. The van der Waals surface area contributed by atoms with Crippen LogP contribution < -0.4 is 0 Å². The molecular weight excluding hydrogens is 270 g/mol. The highest BCUT2D eigenvalue weighted by Gasteiger charge is 2.22. The summed E-state index contributed by atoms with van der Waals surface area (Å²) < 4.78 is 5.01. The number of esters is 1. The predicted octanol–water partition coefficient (Wildman–Crippen LogP) is 2.12. The summed E-state index contributed by atoms with van der Waals surface area (Å²) in [5, 5.41) is 9.71. The second-order valence-electron chi connectivity index (χ2n) is 5.68. The van der Waals surface area contributed by atoms with Crippen LogP contribution in [-0.4, -0.2) is 41.6 Å². The molecule has 5 heteroatoms. The maximum Gasteiger partial charge on any atom is 0.342 e. The van der Waals surface area contributed by atoms with Crippen LogP contribution in [0, 0.1) is 12.8 Å². The molecule has 0 unspecified atom stereocenters. The Morgan fingerprint density at radius 2 is 2.19 bits per heavy atom. The van der Waals surface area contributed by atoms with Gasteiger partial charge in [0.1, 0.15) is 11.3 Å². The standard InChI is InChI=1S/C16H21NO4/c1-11-5-6-13(14(18)8-11)16(20)21-10-15(19)17-7-3-4-12(2)9-17/h5-6,8,12,18H,3-4,7,9-10H2,1-2H3/t12-/m1/s1. The Hall–Kier alpha value is -2.04. The first-order valence-corrected chi connectivity index (χ1v) is 7.22. The van der Waals surface area contributed by atoms with Crippen LogP contribution in [0.2, 0.25) is 0 Å². The van der Waals surface area contributed by atoms with Crippen LogP contribution in [0.5, 0.6) is 5.75 Å². The first kappa shape index (κ1) is 15.4. The fraction of sp³-hybridized carbons (Fsp3) is 0.500. The minimum absolute atomic E-state index is 0.0837. The molecule has 1 atom stereocenters. The van der Waals surface area contributed by atoms with E-state index in [1.807, 2.05) is 6.92 Å². The number of phenols is 1. The summed E-state index contributed by atoms with van der Waals surface area (Å²) in [5.74, 6) is -0.494. The topological polar surface area (TPSA) is 66.8 Å². The van der Waals surface area contributed by atoms with Crippen molar-refractivity contribution >= 4 is 11.9 Å². The van der Waals surface area contributed by atoms with Crippen LogP contribution in [0.15, 0.2) is 18.2 Å². The van der Waals surface area contributed by atoms with E-state index in [0.29, 0.717) is 12.5 Å². The van der Waals surface area contributed by atoms with Gasteiger partial charge in [0.15, 0.2) is 6.61 Å². The first-order chi connectivity index (χ1) is 9.97. The maximum absolute atomic E-state index is 12.0. The summed E-state index contributed by atoms with van der Waals surface area (Å²) in [5.41, 5.74) is 0.933. The normalized spacial score (nSPS) is 18.4. The van der Waals surface area contributed by atoms with E-state index in [1.165, 1.54) is 12.1 Å². The Bertz CT molecular complexity index is 541. The van der Waals surface area contributed by atoms with Crippen molar-refractivity contribution in [2.45, 2.75) is 26.7 Å². The van der Waals surface area contributed by atoms with Gasteiger partial charge >= 0.3 is 5.97 Å². The molecule has 0 aliphatic carbocycles. The second kappa shape index (κ2) is 6.61. The summed E-state index contributed by atoms with van der Waals surface area (Å²) in [6.07, 6.45) is 2.11. The van der Waals surface area contributed by atoms with E-state index in [0.717, 1.165) is 24.9 Å². The molecule has 0 saturated carbocycles. The van der Waals surface area contributed by atoms with E-state index < -0.39 is 5.97 Å². The van der Waals surface area contributed by atoms with Crippen LogP contribution in [0.25, 0.3) is 0 Å². The molecule has 1 fully saturated rings. The molecule has 1 aromatic rings. The van der Waals surface area contributed by atoms with Gasteiger partial charge < -0.3 is 14.7 Å². The molecule has 1 aliphatic rings. The Morgan fingerprint density at radius 3 is 2.86 bits per heavy atom. The number of likely N-dealkylation sites (tertiary alicyclic amines) is 1. The molecule has 0 radical (unpaired) electrons. The first-order valence-electron chi connectivity index (χ1n) is 7.22. The lowest BCUT2D eigenvalue weighted by Gasteiger charge is -2.30. The van der Waals surface area contributed by atoms with Crippen molar-refractivity contribution in [3.63, 3.8) is 0 Å². The van der Waals surface area contributed by atoms with Gasteiger partial charge in [0.2, 0.25) is 0 Å². The molecule has 0 bridgehead atoms. The highest BCUT2D eigenvalue weighted by Crippen LogP contribution is 2.20. The van der Waals surface area contributed by atoms with E-state index in [2.05, 4.69) is 6.92 Å². The average molecular weight is 291 g/mol. The number of aromatic hydroxyl groups is 1. The summed E-state index contributed by atoms with van der Waals surface area (Å²) in [6.45, 7) is 5.08. The molecule has 1 N–H and O–H groups in total. The van der Waals surface area contributed by atoms with E-state index in [4.69, 9.17) is 4.74 Å². The van der Waals surface area contributed by atoms with E-state index in [9.17, 15) is 14.7 Å². The van der Waals surface area contributed by atoms with Gasteiger partial charge in [0.05, 0.1) is 0 Å². The number of rotatable bonds is 3. The Kier molecular flexibility index (Phi) is 4.83. The number of hydrogen-bond acceptors (Lipinski definition) is 4. The number of nitrogens with zero attached hydrogens (tertiary/aromatic N) is 1. The molecule has 0 aromatic heterocycles. The fourth-order valence-corrected chi connectivity index (χ4v) is 2.53. The smallest absolute Gasteiger partial charge is 0.342 e. The molecule has 2 rings (SSSR count). The molecule has 1 amide bonds. The summed E-state index contributed by atoms with van der Waals surface area (Å²) in [4.78, 5) is 25.6. The molecule has 1 aromatic carbocycles. The number of ether oxygens (including phenoxy) is 1. The highest BCUT2D eigenvalue weighted by molar-refractivity contribution is 5.93. The van der Waals surface area contributed by atoms with Crippen molar-refractivity contribution < 1.29 is 19.4 Å². The average Bonchev–Trinajstić information content (AvgIpc) is 2.44. The van der Waals surface area contributed by atoms with Gasteiger partial charge in [-0.3, -0.25) is 4.79 Å². The molecule has 21 heavy (non-hydrogen) atoms. The van der Waals surface area contributed by atoms with Crippen LogP contribution >= 0.6 is 0 Å². The quantitative estimate of drug-likeness (QED) is 0.866. The Morgan fingerprint density at radius 1 is 1.43 bits per heavy atom. The molecule has 1 heterocycles. The number of amides is 1. The molecule has 1 aliphatic heterocycles. The van der Waals surface area contributed by atoms with E-state index in [1.54, 1.807) is 11.0 Å². The zero-order valence-electron chi connectivity index (χ0n) is 12.5. The number of carbonyl (C=O) groups excluding carboxylic acids is 2. The SMILES string of the molecule is Cc1ccc(C(=O)OCC(=O)N2CCC[C@@H](C)C2)c(O)c1. The van der Waals surface area contributed by atoms with E-state index >= 15 is 0 Å². The number of aryl methyl sites for hydroxylation is 1. The lowest BCUT2D eigenvalue weighted by molar-refractivity contribution is -0.136. The third kappa shape index (κ3) is 3.97. The lowest BCUT2D eigenvalue weighted by atomic mass is 10.0. The van der Waals surface area contributed by atoms with Crippen LogP contribution in [0.4, 0.5) is 0 Å². The van der Waals surface area contributed by atoms with E-state index in [-0.39, 0.29) is 23.8 Å². The van der Waals surface area contributed by atoms with Crippen molar-refractivity contribution in [1.82, 2.24) is 4.90 Å². The van der Waals surface area contributed by atoms with Gasteiger partial charge in [-0.2, -0.15) is 0 Å². The molecular formula is C16H21NO4. The summed E-state index contributed by atoms with van der Waals surface area (Å²) >= 11 is 0. The van der Waals surface area contributed by atoms with Crippen LogP contribution in [-0.2, 0) is 9.53 Å². The lowest BCUT2D eigenvalue weighted by Crippen LogP contribution is -2.41. The minimum atomic E-state index is -0.675. The minimum Gasteiger partial charge on any atom is -0.507 e. The third-order valence-electron chi connectivity index (χ3n) is 3.71. The molecule has 0 spiro atoms. The third-order valence-corrected chi connectivity index (χ3v) is 3.71. The second-order valence-corrected chi connectivity index (χ2v) is 5.68. The number of benzene rings is 1. The summed E-state index contributed by atoms with van der Waals surface area (Å²) in [7, 11) is 0. The zero-order chi connectivity index (χ0) is 15.4. The molecule has 1 saturated heterocycles. The van der Waals surface area contributed by atoms with Gasteiger partial charge in [0.25, 0.3) is 5.91 Å². The van der Waals surface area contributed by atoms with Crippen LogP contribution in [0.3, 0.4) is 0 Å². The molecule has 114 valence electrons. The Balaban J connectivity index is 1.90. The zero-order valence-corrected chi connectivity index (χ0v) is 12.5. The molecule has 5 nitrogen and oxygen atoms in total. The van der Waals surface area contributed by atoms with Gasteiger partial charge in [-0.05, 0) is 43.4 Å². The van der Waals surface area contributed by atoms with Crippen molar-refractivity contribution in [3.05, 3.63) is 29.3 Å². The van der Waals surface area contributed by atoms with Crippen molar-refractivity contribution in [2.24, 2.45) is 5.92 Å². The number of piperidine rings is 1. The van der Waals surface area contributed by atoms with Crippen molar-refractivity contribution in [1.29, 1.82) is 0 Å². The van der Waals surface area contributed by atoms with Crippen molar-refractivity contribution in [3.8, 4) is 5.75 Å². The van der Waals surface area contributed by atoms with Crippen molar-refractivity contribution in [2.75, 3.05) is 19.7 Å². The highest BCUT2D eigenvalue weighted by atomic mass is 16.5. The van der Waals surface area contributed by atoms with Gasteiger partial charge in [-0.15, -0.1) is 0 Å². The number of carbonyl (C=O) groups is 2. The predicted molar refractivity (Wildman–Crippen MR) is 78.1 cm³/mol.